The van der Waals surface area contributed by atoms with Crippen LogP contribution in [0.1, 0.15) is 113 Å². The number of esters is 1. The van der Waals surface area contributed by atoms with E-state index < -0.39 is 126 Å². The Balaban J connectivity index is 2.23. The lowest BCUT2D eigenvalue weighted by Crippen LogP contribution is -2.61. The van der Waals surface area contributed by atoms with E-state index in [4.69, 9.17) is 9.47 Å². The van der Waals surface area contributed by atoms with Gasteiger partial charge in [-0.05, 0) is 87.9 Å². The van der Waals surface area contributed by atoms with E-state index >= 15 is 0 Å². The first kappa shape index (κ1) is 56.2. The molecule has 0 aliphatic carbocycles. The van der Waals surface area contributed by atoms with Crippen LogP contribution in [0.2, 0.25) is 0 Å². The Bertz CT molecular complexity index is 1870. The molecule has 2 aliphatic rings. The number of rotatable bonds is 13. The molecule has 0 saturated carbocycles. The third-order valence-corrected chi connectivity index (χ3v) is 13.0. The number of nitrogens with one attached hydrogen (secondary N) is 5. The molecule has 6 N–H and O–H groups in total. The molecule has 3 rings (SSSR count). The second-order valence-corrected chi connectivity index (χ2v) is 19.6. The summed E-state index contributed by atoms with van der Waals surface area (Å²) in [6.45, 7) is 17.7. The molecule has 2 aliphatic heterocycles. The van der Waals surface area contributed by atoms with Gasteiger partial charge in [0.25, 0.3) is 0 Å². The van der Waals surface area contributed by atoms with Gasteiger partial charge in [0, 0.05) is 20.0 Å². The van der Waals surface area contributed by atoms with Crippen LogP contribution in [0.5, 0.6) is 5.75 Å². The molecule has 0 unspecified atom stereocenters. The van der Waals surface area contributed by atoms with Crippen LogP contribution in [0.4, 0.5) is 0 Å². The Labute approximate surface area is 397 Å². The van der Waals surface area contributed by atoms with Crippen molar-refractivity contribution in [2.75, 3.05) is 27.7 Å². The van der Waals surface area contributed by atoms with Gasteiger partial charge in [0.1, 0.15) is 36.0 Å². The van der Waals surface area contributed by atoms with E-state index in [1.54, 1.807) is 52.1 Å². The molecule has 67 heavy (non-hydrogen) atoms. The monoisotopic (exact) mass is 942 g/mol. The zero-order chi connectivity index (χ0) is 50.4. The molecule has 1 aromatic carbocycles. The normalized spacial score (nSPS) is 27.8. The number of likely N-dealkylation sites (N-methyl/N-ethyl adjacent to an activating group) is 2. The highest BCUT2D eigenvalue weighted by Crippen LogP contribution is 2.25. The van der Waals surface area contributed by atoms with Gasteiger partial charge in [-0.2, -0.15) is 0 Å². The number of ketones is 1. The zero-order valence-corrected chi connectivity index (χ0v) is 42.0. The van der Waals surface area contributed by atoms with Crippen LogP contribution < -0.4 is 31.3 Å². The summed E-state index contributed by atoms with van der Waals surface area (Å²) in [5.74, 6) is -7.03. The maximum absolute atomic E-state index is 14.7. The molecule has 11 atom stereocenters. The number of methoxy groups -OCH3 is 1. The van der Waals surface area contributed by atoms with Crippen molar-refractivity contribution in [1.29, 1.82) is 0 Å². The Hall–Kier alpha value is -5.10. The summed E-state index contributed by atoms with van der Waals surface area (Å²) in [6, 6.07) is -1.00. The molecule has 0 aromatic heterocycles. The van der Waals surface area contributed by atoms with Gasteiger partial charge in [-0.15, -0.1) is 0 Å². The van der Waals surface area contributed by atoms with Gasteiger partial charge in [-0.1, -0.05) is 73.9 Å². The first-order valence-corrected chi connectivity index (χ1v) is 24.0. The number of hydrogen-bond acceptors (Lipinski definition) is 12. The van der Waals surface area contributed by atoms with Gasteiger partial charge in [0.15, 0.2) is 5.78 Å². The van der Waals surface area contributed by atoms with Crippen molar-refractivity contribution in [3.63, 3.8) is 0 Å². The largest absolute Gasteiger partial charge is 0.497 e. The maximum atomic E-state index is 14.7. The summed E-state index contributed by atoms with van der Waals surface area (Å²) < 4.78 is 11.4. The topological polar surface area (TPSA) is 242 Å². The number of amides is 6. The maximum Gasteiger partial charge on any atom is 0.329 e. The summed E-state index contributed by atoms with van der Waals surface area (Å²) in [4.78, 5) is 116. The Morgan fingerprint density at radius 1 is 0.910 bits per heavy atom. The number of hydrogen-bond donors (Lipinski definition) is 6. The van der Waals surface area contributed by atoms with Crippen LogP contribution in [-0.4, -0.2) is 144 Å². The van der Waals surface area contributed by atoms with Crippen molar-refractivity contribution < 1.29 is 52.9 Å². The van der Waals surface area contributed by atoms with E-state index in [1.165, 1.54) is 37.8 Å². The number of carbonyl (C=O) groups excluding carboxylic acids is 8. The SMILES string of the molecule is CC[C@H](C)[C@H]1NC(=O)[C@@H](NC(=O)[C@@H](CC(C)C)NC)[C@@H](C)OC(=O)[C@H](Cc2ccc(OC)cc2)N(C)C(=O)[C@@H]2CCCN2C(=O)[C@H](CC(C)C)NC(=O)[C@@H](C)C(=O)[C@H](C(C)C)NC(=O)C[C@@H]1O. The first-order valence-electron chi connectivity index (χ1n) is 24.0. The second-order valence-electron chi connectivity index (χ2n) is 19.6. The third-order valence-electron chi connectivity index (χ3n) is 13.0. The summed E-state index contributed by atoms with van der Waals surface area (Å²) >= 11 is 0. The molecule has 2 heterocycles. The number of aliphatic hydroxyl groups is 1. The molecule has 6 amide bonds. The highest BCUT2D eigenvalue weighted by atomic mass is 16.5. The molecule has 18 heteroatoms. The van der Waals surface area contributed by atoms with Gasteiger partial charge in [-0.25, -0.2) is 4.79 Å². The number of benzene rings is 1. The van der Waals surface area contributed by atoms with E-state index in [2.05, 4.69) is 26.6 Å². The Kier molecular flexibility index (Phi) is 21.7. The van der Waals surface area contributed by atoms with Crippen molar-refractivity contribution in [3.05, 3.63) is 29.8 Å². The smallest absolute Gasteiger partial charge is 0.329 e. The third kappa shape index (κ3) is 15.5. The molecule has 2 saturated heterocycles. The average molecular weight is 942 g/mol. The predicted octanol–water partition coefficient (Wildman–Crippen LogP) is 2.28. The molecule has 1 aromatic rings. The molecule has 18 nitrogen and oxygen atoms in total. The van der Waals surface area contributed by atoms with E-state index in [0.717, 1.165) is 0 Å². The number of cyclic esters (lactones) is 1. The molecule has 376 valence electrons. The number of Topliss-reactive ketones (excluding diaryl/α,β-unsaturated/α-hetero) is 1. The zero-order valence-electron chi connectivity index (χ0n) is 42.0. The van der Waals surface area contributed by atoms with E-state index in [9.17, 15) is 43.5 Å². The molecular formula is C49H79N7O11. The standard InChI is InChI=1S/C49H79N7O11/c1-14-29(8)41-38(57)25-39(58)52-40(28(6)7)43(59)30(9)44(60)51-35(23-27(4)5)47(63)56-21-15-16-36(56)48(64)55(12)37(24-32-17-19-33(66-13)20-18-32)49(65)67-31(10)42(46(62)53-41)54-45(61)34(50-11)22-26(2)3/h17-20,26-31,34-38,40-42,50,57H,14-16,21-25H2,1-13H3,(H,51,60)(H,52,58)(H,53,62)(H,54,61)/t29-,30-,31+,34+,35-,36-,37-,38-,40-,41+,42-/m0/s1. The fourth-order valence-corrected chi connectivity index (χ4v) is 8.68. The van der Waals surface area contributed by atoms with Crippen LogP contribution in [-0.2, 0) is 49.5 Å². The first-order chi connectivity index (χ1) is 31.4. The lowest BCUT2D eigenvalue weighted by Gasteiger charge is -2.35. The van der Waals surface area contributed by atoms with Crippen LogP contribution in [0.3, 0.4) is 0 Å². The van der Waals surface area contributed by atoms with Gasteiger partial charge >= 0.3 is 5.97 Å². The van der Waals surface area contributed by atoms with E-state index in [1.807, 2.05) is 34.6 Å². The second kappa shape index (κ2) is 25.9. The highest BCUT2D eigenvalue weighted by molar-refractivity contribution is 6.06. The minimum absolute atomic E-state index is 0.0441. The van der Waals surface area contributed by atoms with Crippen LogP contribution >= 0.6 is 0 Å². The minimum Gasteiger partial charge on any atom is -0.497 e. The van der Waals surface area contributed by atoms with Gasteiger partial charge in [0.05, 0.1) is 43.7 Å². The summed E-state index contributed by atoms with van der Waals surface area (Å²) in [5.41, 5.74) is 0.636. The summed E-state index contributed by atoms with van der Waals surface area (Å²) in [6.07, 6.45) is -1.64. The predicted molar refractivity (Wildman–Crippen MR) is 252 cm³/mol. The summed E-state index contributed by atoms with van der Waals surface area (Å²) in [7, 11) is 4.57. The Morgan fingerprint density at radius 2 is 1.55 bits per heavy atom. The van der Waals surface area contributed by atoms with Crippen molar-refractivity contribution in [3.8, 4) is 5.75 Å². The van der Waals surface area contributed by atoms with Crippen molar-refractivity contribution in [2.24, 2.45) is 29.6 Å². The number of nitrogens with zero attached hydrogens (tertiary/aromatic N) is 2. The lowest BCUT2D eigenvalue weighted by molar-refractivity contribution is -0.162. The highest BCUT2D eigenvalue weighted by Gasteiger charge is 2.44. The minimum atomic E-state index is -1.52. The number of fused-ring (bicyclic) bond motifs is 1. The van der Waals surface area contributed by atoms with Gasteiger partial charge < -0.3 is 51.0 Å². The van der Waals surface area contributed by atoms with Crippen LogP contribution in [0.15, 0.2) is 24.3 Å². The van der Waals surface area contributed by atoms with Gasteiger partial charge in [-0.3, -0.25) is 33.6 Å². The van der Waals surface area contributed by atoms with Gasteiger partial charge in [0.2, 0.25) is 35.4 Å². The average Bonchev–Trinajstić information content (AvgIpc) is 3.77. The quantitative estimate of drug-likeness (QED) is 0.123. The molecule has 2 fully saturated rings. The van der Waals surface area contributed by atoms with Crippen LogP contribution in [0.25, 0.3) is 0 Å². The number of carbonyl (C=O) groups is 8. The molecule has 0 radical (unpaired) electrons. The number of aliphatic hydroxyl groups excluding tert-OH is 1. The fraction of sp³-hybridized carbons (Fsp3) is 0.714. The lowest BCUT2D eigenvalue weighted by atomic mass is 9.89. The molecular weight excluding hydrogens is 863 g/mol. The molecule has 0 spiro atoms. The van der Waals surface area contributed by atoms with E-state index in [0.29, 0.717) is 30.6 Å². The Morgan fingerprint density at radius 3 is 2.10 bits per heavy atom. The fourth-order valence-electron chi connectivity index (χ4n) is 8.68. The summed E-state index contributed by atoms with van der Waals surface area (Å²) in [5, 5.41) is 25.7. The van der Waals surface area contributed by atoms with Crippen LogP contribution in [0, 0.1) is 29.6 Å². The van der Waals surface area contributed by atoms with Crippen molar-refractivity contribution >= 4 is 47.2 Å². The van der Waals surface area contributed by atoms with E-state index in [-0.39, 0.29) is 37.6 Å². The number of ether oxygens (including phenoxy) is 2. The van der Waals surface area contributed by atoms with Crippen molar-refractivity contribution in [1.82, 2.24) is 36.4 Å². The van der Waals surface area contributed by atoms with Crippen molar-refractivity contribution in [2.45, 2.75) is 169 Å². The molecule has 0 bridgehead atoms.